The Kier molecular flexibility index (Phi) is 2.93. The molecule has 0 radical (unpaired) electrons. The third-order valence-electron chi connectivity index (χ3n) is 5.04. The third-order valence-corrected chi connectivity index (χ3v) is 5.04. The van der Waals surface area contributed by atoms with Crippen LogP contribution in [0.4, 0.5) is 0 Å². The average molecular weight is 255 g/mol. The smallest absolute Gasteiger partial charge is 0.307 e. The Balaban J connectivity index is 1.90. The van der Waals surface area contributed by atoms with Crippen LogP contribution in [0.5, 0.6) is 0 Å². The molecule has 102 valence electrons. The van der Waals surface area contributed by atoms with Gasteiger partial charge in [-0.3, -0.25) is 9.59 Å². The van der Waals surface area contributed by atoms with Gasteiger partial charge in [0.15, 0.2) is 0 Å². The summed E-state index contributed by atoms with van der Waals surface area (Å²) in [5, 5.41) is 11.8. The summed E-state index contributed by atoms with van der Waals surface area (Å²) in [5.41, 5.74) is -0.355. The Morgan fingerprint density at radius 1 is 1.28 bits per heavy atom. The highest BCUT2D eigenvalue weighted by atomic mass is 16.5. The highest BCUT2D eigenvalue weighted by Gasteiger charge is 2.59. The summed E-state index contributed by atoms with van der Waals surface area (Å²) < 4.78 is 5.49. The summed E-state index contributed by atoms with van der Waals surface area (Å²) in [4.78, 5) is 22.6. The summed E-state index contributed by atoms with van der Waals surface area (Å²) in [6, 6.07) is 0.0602. The number of carboxylic acid groups (broad SMARTS) is 1. The number of nitrogens with one attached hydrogen (secondary N) is 1. The van der Waals surface area contributed by atoms with E-state index in [0.29, 0.717) is 6.42 Å². The van der Waals surface area contributed by atoms with E-state index in [1.54, 1.807) is 7.11 Å². The molecule has 0 bridgehead atoms. The van der Waals surface area contributed by atoms with E-state index in [0.717, 1.165) is 6.42 Å². The monoisotopic (exact) mass is 255 g/mol. The molecule has 2 rings (SSSR count). The molecule has 2 N–H and O–H groups in total. The molecule has 0 aromatic carbocycles. The minimum absolute atomic E-state index is 0.0602. The zero-order valence-electron chi connectivity index (χ0n) is 11.3. The fourth-order valence-electron chi connectivity index (χ4n) is 2.76. The van der Waals surface area contributed by atoms with Gasteiger partial charge in [0.25, 0.3) is 0 Å². The highest BCUT2D eigenvalue weighted by Crippen LogP contribution is 2.52. The Bertz CT molecular complexity index is 392. The Morgan fingerprint density at radius 3 is 2.28 bits per heavy atom. The van der Waals surface area contributed by atoms with Gasteiger partial charge in [0.1, 0.15) is 0 Å². The van der Waals surface area contributed by atoms with Gasteiger partial charge in [-0.15, -0.1) is 0 Å². The first-order chi connectivity index (χ1) is 8.23. The van der Waals surface area contributed by atoms with Gasteiger partial charge in [0.05, 0.1) is 17.4 Å². The molecule has 1 amide bonds. The van der Waals surface area contributed by atoms with E-state index in [1.165, 1.54) is 0 Å². The number of hydrogen-bond acceptors (Lipinski definition) is 3. The van der Waals surface area contributed by atoms with E-state index in [2.05, 4.69) is 19.2 Å². The molecule has 2 unspecified atom stereocenters. The number of carbonyl (C=O) groups excluding carboxylic acids is 1. The summed E-state index contributed by atoms with van der Waals surface area (Å²) in [7, 11) is 1.68. The maximum Gasteiger partial charge on any atom is 0.307 e. The van der Waals surface area contributed by atoms with E-state index in [9.17, 15) is 9.59 Å². The lowest BCUT2D eigenvalue weighted by molar-refractivity contribution is -0.182. The largest absolute Gasteiger partial charge is 0.481 e. The third kappa shape index (κ3) is 1.81. The molecule has 0 heterocycles. The minimum atomic E-state index is -0.871. The molecule has 4 atom stereocenters. The van der Waals surface area contributed by atoms with Crippen molar-refractivity contribution in [1.29, 1.82) is 0 Å². The molecule has 18 heavy (non-hydrogen) atoms. The molecule has 0 aromatic heterocycles. The predicted molar refractivity (Wildman–Crippen MR) is 65.0 cm³/mol. The number of hydrogen-bond donors (Lipinski definition) is 2. The minimum Gasteiger partial charge on any atom is -0.481 e. The first kappa shape index (κ1) is 13.3. The van der Waals surface area contributed by atoms with Crippen LogP contribution in [0.3, 0.4) is 0 Å². The lowest BCUT2D eigenvalue weighted by Gasteiger charge is -2.59. The van der Waals surface area contributed by atoms with E-state index in [4.69, 9.17) is 9.84 Å². The fourth-order valence-corrected chi connectivity index (χ4v) is 2.76. The lowest BCUT2D eigenvalue weighted by atomic mass is 9.56. The Hall–Kier alpha value is -1.10. The van der Waals surface area contributed by atoms with Crippen LogP contribution in [0.2, 0.25) is 0 Å². The van der Waals surface area contributed by atoms with E-state index in [-0.39, 0.29) is 28.9 Å². The summed E-state index contributed by atoms with van der Waals surface area (Å²) >= 11 is 0. The molecular formula is C13H21NO4. The Labute approximate surface area is 107 Å². The number of methoxy groups -OCH3 is 1. The van der Waals surface area contributed by atoms with E-state index in [1.807, 2.05) is 6.92 Å². The van der Waals surface area contributed by atoms with Gasteiger partial charge in [-0.05, 0) is 19.8 Å². The second kappa shape index (κ2) is 3.95. The molecule has 0 aromatic rings. The van der Waals surface area contributed by atoms with Crippen molar-refractivity contribution in [2.45, 2.75) is 45.3 Å². The van der Waals surface area contributed by atoms with Crippen molar-refractivity contribution in [3.05, 3.63) is 0 Å². The zero-order chi connectivity index (χ0) is 13.7. The lowest BCUT2D eigenvalue weighted by Crippen LogP contribution is -2.68. The first-order valence-corrected chi connectivity index (χ1v) is 6.31. The topological polar surface area (TPSA) is 75.6 Å². The van der Waals surface area contributed by atoms with Crippen molar-refractivity contribution in [2.24, 2.45) is 17.3 Å². The maximum atomic E-state index is 11.9. The van der Waals surface area contributed by atoms with Gasteiger partial charge in [0, 0.05) is 18.6 Å². The molecule has 0 spiro atoms. The van der Waals surface area contributed by atoms with Gasteiger partial charge >= 0.3 is 5.97 Å². The maximum absolute atomic E-state index is 11.9. The predicted octanol–water partition coefficient (Wildman–Crippen LogP) is 1.03. The van der Waals surface area contributed by atoms with Crippen molar-refractivity contribution < 1.29 is 19.4 Å². The van der Waals surface area contributed by atoms with Crippen LogP contribution < -0.4 is 5.32 Å². The van der Waals surface area contributed by atoms with Crippen LogP contribution in [0.1, 0.15) is 33.6 Å². The number of ether oxygens (including phenoxy) is 1. The van der Waals surface area contributed by atoms with Crippen LogP contribution >= 0.6 is 0 Å². The number of amides is 1. The summed E-state index contributed by atoms with van der Waals surface area (Å²) in [6.45, 7) is 6.16. The van der Waals surface area contributed by atoms with Crippen LogP contribution in [-0.4, -0.2) is 35.7 Å². The zero-order valence-corrected chi connectivity index (χ0v) is 11.3. The molecule has 5 nitrogen and oxygen atoms in total. The van der Waals surface area contributed by atoms with Crippen molar-refractivity contribution in [2.75, 3.05) is 7.11 Å². The standard InChI is InChI=1S/C13H21NO4/c1-12(2)9(6-13(12,3)18-4)14-10(15)7-5-8(7)11(16)17/h7-9H,5-6H2,1-4H3,(H,14,15)(H,16,17)/t7-,8-,9?,13?/m1/s1. The quantitative estimate of drug-likeness (QED) is 0.786. The highest BCUT2D eigenvalue weighted by molar-refractivity contribution is 5.89. The summed E-state index contributed by atoms with van der Waals surface area (Å²) in [6.07, 6.45) is 1.24. The van der Waals surface area contributed by atoms with Crippen molar-refractivity contribution >= 4 is 11.9 Å². The van der Waals surface area contributed by atoms with E-state index < -0.39 is 11.9 Å². The summed E-state index contributed by atoms with van der Waals surface area (Å²) in [5.74, 6) is -1.82. The molecule has 0 saturated heterocycles. The molecule has 5 heteroatoms. The van der Waals surface area contributed by atoms with Gasteiger partial charge in [-0.25, -0.2) is 0 Å². The van der Waals surface area contributed by atoms with Crippen LogP contribution in [-0.2, 0) is 14.3 Å². The molecule has 0 aliphatic heterocycles. The van der Waals surface area contributed by atoms with Gasteiger partial charge in [0.2, 0.25) is 5.91 Å². The van der Waals surface area contributed by atoms with Gasteiger partial charge in [-0.1, -0.05) is 13.8 Å². The average Bonchev–Trinajstić information content (AvgIpc) is 3.07. The fraction of sp³-hybridized carbons (Fsp3) is 0.846. The van der Waals surface area contributed by atoms with Crippen molar-refractivity contribution in [1.82, 2.24) is 5.32 Å². The molecule has 2 aliphatic carbocycles. The van der Waals surface area contributed by atoms with Crippen LogP contribution in [0.25, 0.3) is 0 Å². The van der Waals surface area contributed by atoms with Crippen LogP contribution in [0, 0.1) is 17.3 Å². The molecular weight excluding hydrogens is 234 g/mol. The number of carbonyl (C=O) groups is 2. The van der Waals surface area contributed by atoms with Gasteiger partial charge in [-0.2, -0.15) is 0 Å². The second-order valence-corrected chi connectivity index (χ2v) is 6.21. The number of aliphatic carboxylic acids is 1. The first-order valence-electron chi connectivity index (χ1n) is 6.31. The second-order valence-electron chi connectivity index (χ2n) is 6.21. The van der Waals surface area contributed by atoms with Crippen LogP contribution in [0.15, 0.2) is 0 Å². The SMILES string of the molecule is COC1(C)CC(NC(=O)[C@@H]2C[C@H]2C(=O)O)C1(C)C. The molecule has 2 aliphatic rings. The van der Waals surface area contributed by atoms with Crippen molar-refractivity contribution in [3.8, 4) is 0 Å². The van der Waals surface area contributed by atoms with E-state index >= 15 is 0 Å². The number of rotatable bonds is 4. The molecule has 2 fully saturated rings. The van der Waals surface area contributed by atoms with Crippen molar-refractivity contribution in [3.63, 3.8) is 0 Å². The normalized spacial score (nSPS) is 40.8. The Morgan fingerprint density at radius 2 is 1.89 bits per heavy atom. The molecule has 2 saturated carbocycles. The van der Waals surface area contributed by atoms with Gasteiger partial charge < -0.3 is 15.2 Å². The number of carboxylic acids is 1.